The molecule has 1 fully saturated rings. The molecule has 20 heavy (non-hydrogen) atoms. The minimum atomic E-state index is 0.0568. The van der Waals surface area contributed by atoms with Gasteiger partial charge in [-0.3, -0.25) is 4.79 Å². The van der Waals surface area contributed by atoms with Crippen molar-refractivity contribution in [3.8, 4) is 5.75 Å². The average molecular weight is 276 g/mol. The Balaban J connectivity index is 1.86. The van der Waals surface area contributed by atoms with E-state index in [0.29, 0.717) is 6.42 Å². The van der Waals surface area contributed by atoms with Crippen molar-refractivity contribution in [3.05, 3.63) is 29.8 Å². The van der Waals surface area contributed by atoms with E-state index in [1.54, 1.807) is 7.11 Å². The first-order chi connectivity index (χ1) is 9.63. The predicted octanol–water partition coefficient (Wildman–Crippen LogP) is 1.74. The van der Waals surface area contributed by atoms with Crippen LogP contribution in [0.1, 0.15) is 25.3 Å². The molecule has 1 heterocycles. The van der Waals surface area contributed by atoms with Gasteiger partial charge in [0.2, 0.25) is 5.91 Å². The van der Waals surface area contributed by atoms with E-state index >= 15 is 0 Å². The van der Waals surface area contributed by atoms with Crippen molar-refractivity contribution in [1.82, 2.24) is 10.6 Å². The molecule has 0 saturated carbocycles. The molecule has 2 rings (SSSR count). The molecule has 2 N–H and O–H groups in total. The molecule has 1 aromatic carbocycles. The van der Waals surface area contributed by atoms with Crippen LogP contribution in [0.15, 0.2) is 24.3 Å². The summed E-state index contributed by atoms with van der Waals surface area (Å²) >= 11 is 0. The van der Waals surface area contributed by atoms with Gasteiger partial charge in [-0.15, -0.1) is 0 Å². The van der Waals surface area contributed by atoms with Gasteiger partial charge in [0.05, 0.1) is 13.5 Å². The summed E-state index contributed by atoms with van der Waals surface area (Å²) in [5, 5.41) is 6.45. The van der Waals surface area contributed by atoms with E-state index in [9.17, 15) is 4.79 Å². The minimum absolute atomic E-state index is 0.0568. The zero-order valence-corrected chi connectivity index (χ0v) is 12.4. The molecular formula is C16H24N2O2. The molecule has 1 amide bonds. The van der Waals surface area contributed by atoms with Crippen LogP contribution in [0.25, 0.3) is 0 Å². The second kappa shape index (κ2) is 6.75. The first kappa shape index (κ1) is 14.9. The molecule has 1 saturated heterocycles. The third kappa shape index (κ3) is 3.97. The lowest BCUT2D eigenvalue weighted by atomic mass is 9.83. The van der Waals surface area contributed by atoms with Crippen LogP contribution in [0, 0.1) is 5.41 Å². The Labute approximate surface area is 120 Å². The summed E-state index contributed by atoms with van der Waals surface area (Å²) in [5.41, 5.74) is 1.11. The third-order valence-corrected chi connectivity index (χ3v) is 3.94. The van der Waals surface area contributed by atoms with Crippen molar-refractivity contribution in [2.45, 2.75) is 26.2 Å². The standard InChI is InChI=1S/C16H24N2O2/c1-16(8-5-9-17-11-16)12-18-15(19)10-13-6-3-4-7-14(13)20-2/h3-4,6-7,17H,5,8-12H2,1-2H3,(H,18,19). The van der Waals surface area contributed by atoms with Gasteiger partial charge in [0, 0.05) is 18.7 Å². The van der Waals surface area contributed by atoms with Crippen LogP contribution in [-0.4, -0.2) is 32.7 Å². The molecule has 1 atom stereocenters. The van der Waals surface area contributed by atoms with Crippen LogP contribution >= 0.6 is 0 Å². The number of ether oxygens (including phenoxy) is 1. The van der Waals surface area contributed by atoms with Gasteiger partial charge in [-0.1, -0.05) is 25.1 Å². The molecule has 4 nitrogen and oxygen atoms in total. The van der Waals surface area contributed by atoms with Crippen LogP contribution in [-0.2, 0) is 11.2 Å². The number of benzene rings is 1. The van der Waals surface area contributed by atoms with Gasteiger partial charge in [-0.2, -0.15) is 0 Å². The monoisotopic (exact) mass is 276 g/mol. The van der Waals surface area contributed by atoms with Gasteiger partial charge in [0.25, 0.3) is 0 Å². The number of para-hydroxylation sites is 1. The number of methoxy groups -OCH3 is 1. The normalized spacial score (nSPS) is 22.3. The van der Waals surface area contributed by atoms with E-state index in [1.807, 2.05) is 24.3 Å². The average Bonchev–Trinajstić information content (AvgIpc) is 2.47. The summed E-state index contributed by atoms with van der Waals surface area (Å²) in [5.74, 6) is 0.828. The number of hydrogen-bond donors (Lipinski definition) is 2. The number of rotatable bonds is 5. The van der Waals surface area contributed by atoms with Gasteiger partial charge in [-0.25, -0.2) is 0 Å². The topological polar surface area (TPSA) is 50.4 Å². The highest BCUT2D eigenvalue weighted by Gasteiger charge is 2.27. The summed E-state index contributed by atoms with van der Waals surface area (Å²) in [4.78, 5) is 12.1. The van der Waals surface area contributed by atoms with Gasteiger partial charge in [-0.05, 0) is 30.9 Å². The van der Waals surface area contributed by atoms with Gasteiger partial charge < -0.3 is 15.4 Å². The molecule has 0 aliphatic carbocycles. The molecule has 4 heteroatoms. The minimum Gasteiger partial charge on any atom is -0.496 e. The van der Waals surface area contributed by atoms with Crippen molar-refractivity contribution in [2.75, 3.05) is 26.7 Å². The second-order valence-corrected chi connectivity index (χ2v) is 5.86. The highest BCUT2D eigenvalue weighted by atomic mass is 16.5. The number of carbonyl (C=O) groups excluding carboxylic acids is 1. The number of hydrogen-bond acceptors (Lipinski definition) is 3. The molecule has 0 bridgehead atoms. The first-order valence-electron chi connectivity index (χ1n) is 7.22. The molecule has 1 aliphatic rings. The number of carbonyl (C=O) groups is 1. The lowest BCUT2D eigenvalue weighted by Gasteiger charge is -2.34. The smallest absolute Gasteiger partial charge is 0.224 e. The van der Waals surface area contributed by atoms with E-state index in [4.69, 9.17) is 4.74 Å². The lowest BCUT2D eigenvalue weighted by Crippen LogP contribution is -2.45. The van der Waals surface area contributed by atoms with E-state index in [-0.39, 0.29) is 11.3 Å². The fourth-order valence-corrected chi connectivity index (χ4v) is 2.67. The zero-order valence-electron chi connectivity index (χ0n) is 12.4. The Morgan fingerprint density at radius 3 is 2.95 bits per heavy atom. The molecule has 1 aliphatic heterocycles. The molecular weight excluding hydrogens is 252 g/mol. The number of amides is 1. The second-order valence-electron chi connectivity index (χ2n) is 5.86. The maximum Gasteiger partial charge on any atom is 0.224 e. The number of nitrogens with one attached hydrogen (secondary N) is 2. The Bertz CT molecular complexity index is 454. The highest BCUT2D eigenvalue weighted by Crippen LogP contribution is 2.24. The summed E-state index contributed by atoms with van der Waals surface area (Å²) < 4.78 is 5.27. The Hall–Kier alpha value is -1.55. The van der Waals surface area contributed by atoms with E-state index < -0.39 is 0 Å². The molecule has 0 radical (unpaired) electrons. The van der Waals surface area contributed by atoms with Crippen LogP contribution in [0.2, 0.25) is 0 Å². The quantitative estimate of drug-likeness (QED) is 0.861. The summed E-state index contributed by atoms with van der Waals surface area (Å²) in [6.45, 7) is 5.02. The zero-order chi connectivity index (χ0) is 14.4. The Morgan fingerprint density at radius 1 is 1.45 bits per heavy atom. The molecule has 110 valence electrons. The molecule has 1 unspecified atom stereocenters. The fourth-order valence-electron chi connectivity index (χ4n) is 2.67. The summed E-state index contributed by atoms with van der Waals surface area (Å²) in [6.07, 6.45) is 2.71. The molecule has 0 aromatic heterocycles. The first-order valence-corrected chi connectivity index (χ1v) is 7.22. The van der Waals surface area contributed by atoms with Crippen molar-refractivity contribution in [1.29, 1.82) is 0 Å². The van der Waals surface area contributed by atoms with Gasteiger partial charge >= 0.3 is 0 Å². The maximum absolute atomic E-state index is 12.1. The summed E-state index contributed by atoms with van der Waals surface area (Å²) in [6, 6.07) is 7.66. The van der Waals surface area contributed by atoms with Crippen molar-refractivity contribution >= 4 is 5.91 Å². The maximum atomic E-state index is 12.1. The van der Waals surface area contributed by atoms with Gasteiger partial charge in [0.15, 0.2) is 0 Å². The SMILES string of the molecule is COc1ccccc1CC(=O)NCC1(C)CCCNC1. The van der Waals surface area contributed by atoms with E-state index in [0.717, 1.165) is 37.4 Å². The van der Waals surface area contributed by atoms with Gasteiger partial charge in [0.1, 0.15) is 5.75 Å². The molecule has 1 aromatic rings. The van der Waals surface area contributed by atoms with Crippen molar-refractivity contribution < 1.29 is 9.53 Å². The third-order valence-electron chi connectivity index (χ3n) is 3.94. The van der Waals surface area contributed by atoms with Crippen LogP contribution in [0.4, 0.5) is 0 Å². The number of piperidine rings is 1. The lowest BCUT2D eigenvalue weighted by molar-refractivity contribution is -0.121. The van der Waals surface area contributed by atoms with Crippen LogP contribution in [0.5, 0.6) is 5.75 Å². The Morgan fingerprint density at radius 2 is 2.25 bits per heavy atom. The van der Waals surface area contributed by atoms with Crippen LogP contribution in [0.3, 0.4) is 0 Å². The highest BCUT2D eigenvalue weighted by molar-refractivity contribution is 5.79. The van der Waals surface area contributed by atoms with Crippen molar-refractivity contribution in [2.24, 2.45) is 5.41 Å². The van der Waals surface area contributed by atoms with Crippen LogP contribution < -0.4 is 15.4 Å². The largest absolute Gasteiger partial charge is 0.496 e. The predicted molar refractivity (Wildman–Crippen MR) is 79.9 cm³/mol. The van der Waals surface area contributed by atoms with E-state index in [1.165, 1.54) is 6.42 Å². The van der Waals surface area contributed by atoms with Crippen molar-refractivity contribution in [3.63, 3.8) is 0 Å². The summed E-state index contributed by atoms with van der Waals surface area (Å²) in [7, 11) is 1.63. The fraction of sp³-hybridized carbons (Fsp3) is 0.562. The molecule has 0 spiro atoms. The van der Waals surface area contributed by atoms with E-state index in [2.05, 4.69) is 17.6 Å². The Kier molecular flexibility index (Phi) is 5.01.